The number of carbonyl (C=O) groups excluding carboxylic acids is 1. The molecule has 0 unspecified atom stereocenters. The summed E-state index contributed by atoms with van der Waals surface area (Å²) in [5, 5.41) is 5.62. The van der Waals surface area contributed by atoms with Gasteiger partial charge in [0.05, 0.1) is 6.61 Å². The summed E-state index contributed by atoms with van der Waals surface area (Å²) >= 11 is 0. The Morgan fingerprint density at radius 1 is 0.958 bits per heavy atom. The molecule has 0 heterocycles. The minimum Gasteiger partial charge on any atom is -0.464 e. The van der Waals surface area contributed by atoms with E-state index in [9.17, 15) is 4.79 Å². The van der Waals surface area contributed by atoms with Crippen LogP contribution in [-0.2, 0) is 16.0 Å². The molecular weight excluding hydrogens is 298 g/mol. The number of hydrogen-bond donors (Lipinski definition) is 1. The summed E-state index contributed by atoms with van der Waals surface area (Å²) in [5.41, 5.74) is 2.05. The van der Waals surface area contributed by atoms with Gasteiger partial charge < -0.3 is 10.1 Å². The predicted molar refractivity (Wildman–Crippen MR) is 98.1 cm³/mol. The van der Waals surface area contributed by atoms with Crippen molar-refractivity contribution < 1.29 is 9.53 Å². The Bertz CT molecular complexity index is 809. The Labute approximate surface area is 142 Å². The van der Waals surface area contributed by atoms with Gasteiger partial charge in [-0.3, -0.25) is 0 Å². The number of ether oxygens (including phenoxy) is 1. The first-order valence-corrected chi connectivity index (χ1v) is 8.23. The second kappa shape index (κ2) is 7.64. The molecule has 0 radical (unpaired) electrons. The van der Waals surface area contributed by atoms with Crippen molar-refractivity contribution in [1.82, 2.24) is 0 Å². The van der Waals surface area contributed by atoms with Crippen LogP contribution in [0.15, 0.2) is 72.8 Å². The van der Waals surface area contributed by atoms with Gasteiger partial charge in [0, 0.05) is 17.5 Å². The highest BCUT2D eigenvalue weighted by molar-refractivity contribution is 5.95. The summed E-state index contributed by atoms with van der Waals surface area (Å²) in [7, 11) is 0. The predicted octanol–water partition coefficient (Wildman–Crippen LogP) is 4.43. The van der Waals surface area contributed by atoms with E-state index in [0.29, 0.717) is 13.0 Å². The van der Waals surface area contributed by atoms with E-state index in [2.05, 4.69) is 23.5 Å². The molecule has 0 aromatic heterocycles. The molecule has 1 N–H and O–H groups in total. The summed E-state index contributed by atoms with van der Waals surface area (Å²) in [6.45, 7) is 2.21. The lowest BCUT2D eigenvalue weighted by molar-refractivity contribution is -0.144. The van der Waals surface area contributed by atoms with E-state index in [-0.39, 0.29) is 5.97 Å². The van der Waals surface area contributed by atoms with Crippen LogP contribution in [0.4, 0.5) is 5.69 Å². The maximum Gasteiger partial charge on any atom is 0.328 e. The summed E-state index contributed by atoms with van der Waals surface area (Å²) in [6.07, 6.45) is 0.586. The number of nitrogens with one attached hydrogen (secondary N) is 1. The molecule has 3 heteroatoms. The quantitative estimate of drug-likeness (QED) is 0.683. The van der Waals surface area contributed by atoms with Gasteiger partial charge in [-0.15, -0.1) is 0 Å². The lowest BCUT2D eigenvalue weighted by Gasteiger charge is -2.20. The van der Waals surface area contributed by atoms with Gasteiger partial charge in [0.1, 0.15) is 6.04 Å². The zero-order chi connectivity index (χ0) is 16.8. The van der Waals surface area contributed by atoms with Crippen molar-refractivity contribution in [3.05, 3.63) is 78.4 Å². The molecule has 1 atom stereocenters. The molecular formula is C21H21NO2. The van der Waals surface area contributed by atoms with Crippen molar-refractivity contribution in [2.75, 3.05) is 11.9 Å². The van der Waals surface area contributed by atoms with Crippen LogP contribution in [0.3, 0.4) is 0 Å². The monoisotopic (exact) mass is 319 g/mol. The molecule has 0 aliphatic carbocycles. The van der Waals surface area contributed by atoms with Crippen molar-refractivity contribution in [3.8, 4) is 0 Å². The Morgan fingerprint density at radius 3 is 2.46 bits per heavy atom. The van der Waals surface area contributed by atoms with E-state index >= 15 is 0 Å². The lowest BCUT2D eigenvalue weighted by Crippen LogP contribution is -2.33. The molecule has 24 heavy (non-hydrogen) atoms. The largest absolute Gasteiger partial charge is 0.464 e. The lowest BCUT2D eigenvalue weighted by atomic mass is 10.0. The highest BCUT2D eigenvalue weighted by atomic mass is 16.5. The van der Waals surface area contributed by atoms with Gasteiger partial charge in [-0.25, -0.2) is 4.79 Å². The van der Waals surface area contributed by atoms with Gasteiger partial charge in [-0.05, 0) is 23.9 Å². The van der Waals surface area contributed by atoms with E-state index in [1.54, 1.807) is 0 Å². The van der Waals surface area contributed by atoms with E-state index in [0.717, 1.165) is 22.0 Å². The van der Waals surface area contributed by atoms with Crippen molar-refractivity contribution in [1.29, 1.82) is 0 Å². The summed E-state index contributed by atoms with van der Waals surface area (Å²) < 4.78 is 5.26. The smallest absolute Gasteiger partial charge is 0.328 e. The Morgan fingerprint density at radius 2 is 1.67 bits per heavy atom. The zero-order valence-electron chi connectivity index (χ0n) is 13.7. The number of carbonyl (C=O) groups is 1. The molecule has 3 nitrogen and oxygen atoms in total. The van der Waals surface area contributed by atoms with Crippen LogP contribution >= 0.6 is 0 Å². The van der Waals surface area contributed by atoms with Crippen molar-refractivity contribution >= 4 is 22.4 Å². The number of benzene rings is 3. The fourth-order valence-corrected chi connectivity index (χ4v) is 2.82. The van der Waals surface area contributed by atoms with Crippen molar-refractivity contribution in [2.45, 2.75) is 19.4 Å². The first kappa shape index (κ1) is 16.1. The molecule has 0 bridgehead atoms. The van der Waals surface area contributed by atoms with E-state index in [4.69, 9.17) is 4.74 Å². The Kier molecular flexibility index (Phi) is 5.12. The summed E-state index contributed by atoms with van der Waals surface area (Å²) in [4.78, 5) is 12.4. The van der Waals surface area contributed by atoms with Crippen molar-refractivity contribution in [2.24, 2.45) is 0 Å². The van der Waals surface area contributed by atoms with Crippen molar-refractivity contribution in [3.63, 3.8) is 0 Å². The molecule has 0 amide bonds. The SMILES string of the molecule is CCOC(=O)[C@H](Cc1ccccc1)Nc1cccc2ccccc12. The highest BCUT2D eigenvalue weighted by Gasteiger charge is 2.20. The maximum absolute atomic E-state index is 12.4. The average molecular weight is 319 g/mol. The first-order chi connectivity index (χ1) is 11.8. The minimum atomic E-state index is -0.418. The zero-order valence-corrected chi connectivity index (χ0v) is 13.7. The van der Waals surface area contributed by atoms with Gasteiger partial charge in [0.15, 0.2) is 0 Å². The summed E-state index contributed by atoms with van der Waals surface area (Å²) in [5.74, 6) is -0.228. The number of hydrogen-bond acceptors (Lipinski definition) is 3. The third-order valence-electron chi connectivity index (χ3n) is 3.97. The molecule has 3 rings (SSSR count). The standard InChI is InChI=1S/C21H21NO2/c1-2-24-21(23)20(15-16-9-4-3-5-10-16)22-19-14-8-12-17-11-6-7-13-18(17)19/h3-14,20,22H,2,15H2,1H3/t20-/m0/s1. The molecule has 0 spiro atoms. The first-order valence-electron chi connectivity index (χ1n) is 8.23. The topological polar surface area (TPSA) is 38.3 Å². The van der Waals surface area contributed by atoms with Crippen LogP contribution in [0, 0.1) is 0 Å². The van der Waals surface area contributed by atoms with Crippen LogP contribution < -0.4 is 5.32 Å². The number of fused-ring (bicyclic) bond motifs is 1. The highest BCUT2D eigenvalue weighted by Crippen LogP contribution is 2.24. The normalized spacial score (nSPS) is 11.9. The molecule has 0 aliphatic rings. The second-order valence-corrected chi connectivity index (χ2v) is 5.67. The van der Waals surface area contributed by atoms with Crippen LogP contribution in [0.2, 0.25) is 0 Å². The fraction of sp³-hybridized carbons (Fsp3) is 0.190. The van der Waals surface area contributed by atoms with Gasteiger partial charge in [0.2, 0.25) is 0 Å². The summed E-state index contributed by atoms with van der Waals surface area (Å²) in [6, 6.07) is 23.8. The Balaban J connectivity index is 1.89. The van der Waals surface area contributed by atoms with Gasteiger partial charge in [-0.2, -0.15) is 0 Å². The molecule has 0 saturated heterocycles. The minimum absolute atomic E-state index is 0.228. The van der Waals surface area contributed by atoms with Crippen LogP contribution in [0.5, 0.6) is 0 Å². The molecule has 3 aromatic rings. The second-order valence-electron chi connectivity index (χ2n) is 5.67. The van der Waals surface area contributed by atoms with Gasteiger partial charge in [0.25, 0.3) is 0 Å². The fourth-order valence-electron chi connectivity index (χ4n) is 2.82. The molecule has 0 fully saturated rings. The van der Waals surface area contributed by atoms with E-state index in [1.807, 2.05) is 61.5 Å². The van der Waals surface area contributed by atoms with E-state index in [1.165, 1.54) is 0 Å². The van der Waals surface area contributed by atoms with Crippen LogP contribution in [0.1, 0.15) is 12.5 Å². The molecule has 0 saturated carbocycles. The number of anilines is 1. The third kappa shape index (κ3) is 3.74. The number of esters is 1. The molecule has 0 aliphatic heterocycles. The molecule has 3 aromatic carbocycles. The Hall–Kier alpha value is -2.81. The van der Waals surface area contributed by atoms with Gasteiger partial charge >= 0.3 is 5.97 Å². The van der Waals surface area contributed by atoms with Gasteiger partial charge in [-0.1, -0.05) is 66.7 Å². The van der Waals surface area contributed by atoms with Crippen LogP contribution in [-0.4, -0.2) is 18.6 Å². The third-order valence-corrected chi connectivity index (χ3v) is 3.97. The average Bonchev–Trinajstić information content (AvgIpc) is 2.62. The van der Waals surface area contributed by atoms with E-state index < -0.39 is 6.04 Å². The molecule has 122 valence electrons. The van der Waals surface area contributed by atoms with Crippen LogP contribution in [0.25, 0.3) is 10.8 Å². The number of rotatable bonds is 6. The maximum atomic E-state index is 12.4.